The van der Waals surface area contributed by atoms with E-state index < -0.39 is 0 Å². The van der Waals surface area contributed by atoms with Crippen LogP contribution in [0.25, 0.3) is 0 Å². The number of ketones is 1. The van der Waals surface area contributed by atoms with Crippen LogP contribution in [0.15, 0.2) is 18.2 Å². The molecule has 0 radical (unpaired) electrons. The van der Waals surface area contributed by atoms with Gasteiger partial charge in [0.1, 0.15) is 5.78 Å². The van der Waals surface area contributed by atoms with Crippen molar-refractivity contribution in [2.75, 3.05) is 13.1 Å². The molecule has 1 aromatic rings. The topological polar surface area (TPSA) is 29.1 Å². The molecule has 0 bridgehead atoms. The lowest BCUT2D eigenvalue weighted by Gasteiger charge is -2.21. The Morgan fingerprint density at radius 3 is 2.78 bits per heavy atom. The zero-order valence-electron chi connectivity index (χ0n) is 10.9. The average molecular weight is 243 g/mol. The monoisotopic (exact) mass is 243 g/mol. The number of carbonyl (C=O) groups excluding carboxylic acids is 1. The van der Waals surface area contributed by atoms with Crippen LogP contribution in [0.1, 0.15) is 36.0 Å². The molecular weight excluding hydrogens is 222 g/mol. The molecule has 0 atom stereocenters. The fourth-order valence-electron chi connectivity index (χ4n) is 3.22. The summed E-state index contributed by atoms with van der Waals surface area (Å²) in [5.41, 5.74) is 4.19. The molecule has 1 fully saturated rings. The second-order valence-electron chi connectivity index (χ2n) is 5.62. The first kappa shape index (κ1) is 11.9. The lowest BCUT2D eigenvalue weighted by Crippen LogP contribution is -2.32. The molecule has 0 unspecified atom stereocenters. The summed E-state index contributed by atoms with van der Waals surface area (Å²) in [6.07, 6.45) is 6.37. The summed E-state index contributed by atoms with van der Waals surface area (Å²) >= 11 is 0. The standard InChI is InChI=1S/C16H21NO/c18-16(14-6-8-17-9-7-14)11-12-4-5-13-2-1-3-15(13)10-12/h4-5,10,14,17H,1-3,6-9,11H2. The number of piperidine rings is 1. The molecule has 0 spiro atoms. The van der Waals surface area contributed by atoms with E-state index >= 15 is 0 Å². The van der Waals surface area contributed by atoms with Gasteiger partial charge in [-0.05, 0) is 61.9 Å². The fourth-order valence-corrected chi connectivity index (χ4v) is 3.22. The third-order valence-electron chi connectivity index (χ3n) is 4.34. The molecule has 1 aliphatic carbocycles. The van der Waals surface area contributed by atoms with Crippen molar-refractivity contribution >= 4 is 5.78 Å². The van der Waals surface area contributed by atoms with E-state index in [4.69, 9.17) is 0 Å². The van der Waals surface area contributed by atoms with E-state index in [9.17, 15) is 4.79 Å². The highest BCUT2D eigenvalue weighted by atomic mass is 16.1. The van der Waals surface area contributed by atoms with Crippen molar-refractivity contribution < 1.29 is 4.79 Å². The van der Waals surface area contributed by atoms with Crippen molar-refractivity contribution in [2.45, 2.75) is 38.5 Å². The molecule has 2 aliphatic rings. The Kier molecular flexibility index (Phi) is 3.46. The molecule has 1 saturated heterocycles. The largest absolute Gasteiger partial charge is 0.317 e. The van der Waals surface area contributed by atoms with Crippen molar-refractivity contribution in [1.82, 2.24) is 5.32 Å². The highest BCUT2D eigenvalue weighted by Gasteiger charge is 2.21. The second kappa shape index (κ2) is 5.23. The van der Waals surface area contributed by atoms with Gasteiger partial charge >= 0.3 is 0 Å². The van der Waals surface area contributed by atoms with Crippen molar-refractivity contribution in [3.05, 3.63) is 34.9 Å². The van der Waals surface area contributed by atoms with Crippen LogP contribution >= 0.6 is 0 Å². The third-order valence-corrected chi connectivity index (χ3v) is 4.34. The first-order valence-corrected chi connectivity index (χ1v) is 7.17. The van der Waals surface area contributed by atoms with Gasteiger partial charge < -0.3 is 5.32 Å². The van der Waals surface area contributed by atoms with Gasteiger partial charge in [-0.2, -0.15) is 0 Å². The minimum atomic E-state index is 0.291. The molecule has 18 heavy (non-hydrogen) atoms. The molecule has 1 aromatic carbocycles. The minimum Gasteiger partial charge on any atom is -0.317 e. The molecule has 2 heteroatoms. The molecule has 1 heterocycles. The van der Waals surface area contributed by atoms with E-state index in [0.29, 0.717) is 18.1 Å². The molecule has 0 amide bonds. The summed E-state index contributed by atoms with van der Waals surface area (Å²) in [4.78, 5) is 12.2. The molecule has 0 aromatic heterocycles. The zero-order chi connectivity index (χ0) is 12.4. The summed E-state index contributed by atoms with van der Waals surface area (Å²) in [5.74, 6) is 0.731. The number of fused-ring (bicyclic) bond motifs is 1. The Labute approximate surface area is 109 Å². The Hall–Kier alpha value is -1.15. The van der Waals surface area contributed by atoms with Crippen molar-refractivity contribution in [2.24, 2.45) is 5.92 Å². The van der Waals surface area contributed by atoms with E-state index in [-0.39, 0.29) is 0 Å². The van der Waals surface area contributed by atoms with Gasteiger partial charge in [0, 0.05) is 12.3 Å². The highest BCUT2D eigenvalue weighted by molar-refractivity contribution is 5.83. The molecule has 3 rings (SSSR count). The SMILES string of the molecule is O=C(Cc1ccc2c(c1)CCC2)C1CCNCC1. The van der Waals surface area contributed by atoms with Crippen LogP contribution < -0.4 is 5.32 Å². The first-order valence-electron chi connectivity index (χ1n) is 7.17. The first-order chi connectivity index (χ1) is 8.83. The number of carbonyl (C=O) groups is 1. The van der Waals surface area contributed by atoms with E-state index in [2.05, 4.69) is 23.5 Å². The van der Waals surface area contributed by atoms with Gasteiger partial charge in [-0.3, -0.25) is 4.79 Å². The average Bonchev–Trinajstić information content (AvgIpc) is 2.87. The van der Waals surface area contributed by atoms with Gasteiger partial charge in [-0.25, -0.2) is 0 Å². The summed E-state index contributed by atoms with van der Waals surface area (Å²) in [6, 6.07) is 6.65. The summed E-state index contributed by atoms with van der Waals surface area (Å²) < 4.78 is 0. The second-order valence-corrected chi connectivity index (χ2v) is 5.62. The van der Waals surface area contributed by atoms with E-state index in [1.165, 1.54) is 36.0 Å². The van der Waals surface area contributed by atoms with E-state index in [1.54, 1.807) is 0 Å². The number of Topliss-reactive ketones (excluding diaryl/α,β-unsaturated/α-hetero) is 1. The summed E-state index contributed by atoms with van der Waals surface area (Å²) in [6.45, 7) is 2.00. The lowest BCUT2D eigenvalue weighted by atomic mass is 9.89. The van der Waals surface area contributed by atoms with Crippen LogP contribution in [0.4, 0.5) is 0 Å². The van der Waals surface area contributed by atoms with Gasteiger partial charge in [-0.1, -0.05) is 18.2 Å². The Morgan fingerprint density at radius 1 is 1.17 bits per heavy atom. The minimum absolute atomic E-state index is 0.291. The number of rotatable bonds is 3. The van der Waals surface area contributed by atoms with Gasteiger partial charge in [-0.15, -0.1) is 0 Å². The molecule has 2 nitrogen and oxygen atoms in total. The summed E-state index contributed by atoms with van der Waals surface area (Å²) in [5, 5.41) is 3.32. The maximum absolute atomic E-state index is 12.2. The fraction of sp³-hybridized carbons (Fsp3) is 0.562. The van der Waals surface area contributed by atoms with Crippen LogP contribution in [0.2, 0.25) is 0 Å². The van der Waals surface area contributed by atoms with Gasteiger partial charge in [0.25, 0.3) is 0 Å². The van der Waals surface area contributed by atoms with E-state index in [1.807, 2.05) is 0 Å². The van der Waals surface area contributed by atoms with Crippen LogP contribution in [-0.2, 0) is 24.1 Å². The summed E-state index contributed by atoms with van der Waals surface area (Å²) in [7, 11) is 0. The Balaban J connectivity index is 1.66. The zero-order valence-corrected chi connectivity index (χ0v) is 10.9. The molecule has 96 valence electrons. The number of nitrogens with one attached hydrogen (secondary N) is 1. The lowest BCUT2D eigenvalue weighted by molar-refractivity contribution is -0.122. The van der Waals surface area contributed by atoms with E-state index in [0.717, 1.165) is 25.9 Å². The number of aryl methyl sites for hydroxylation is 2. The number of hydrogen-bond donors (Lipinski definition) is 1. The normalized spacial score (nSPS) is 19.8. The van der Waals surface area contributed by atoms with Gasteiger partial charge in [0.2, 0.25) is 0 Å². The Bertz CT molecular complexity index is 446. The van der Waals surface area contributed by atoms with Crippen molar-refractivity contribution in [3.63, 3.8) is 0 Å². The van der Waals surface area contributed by atoms with Crippen molar-refractivity contribution in [1.29, 1.82) is 0 Å². The molecule has 1 aliphatic heterocycles. The molecule has 0 saturated carbocycles. The molecular formula is C16H21NO. The highest BCUT2D eigenvalue weighted by Crippen LogP contribution is 2.24. The Morgan fingerprint density at radius 2 is 1.94 bits per heavy atom. The number of hydrogen-bond acceptors (Lipinski definition) is 2. The van der Waals surface area contributed by atoms with Crippen LogP contribution in [0.5, 0.6) is 0 Å². The van der Waals surface area contributed by atoms with Crippen molar-refractivity contribution in [3.8, 4) is 0 Å². The maximum Gasteiger partial charge on any atom is 0.140 e. The van der Waals surface area contributed by atoms with Gasteiger partial charge in [0.05, 0.1) is 0 Å². The third kappa shape index (κ3) is 2.49. The van der Waals surface area contributed by atoms with Crippen LogP contribution in [-0.4, -0.2) is 18.9 Å². The predicted octanol–water partition coefficient (Wildman–Crippen LogP) is 2.29. The quantitative estimate of drug-likeness (QED) is 0.882. The van der Waals surface area contributed by atoms with Crippen LogP contribution in [0, 0.1) is 5.92 Å². The predicted molar refractivity (Wildman–Crippen MR) is 72.8 cm³/mol. The van der Waals surface area contributed by atoms with Gasteiger partial charge in [0.15, 0.2) is 0 Å². The smallest absolute Gasteiger partial charge is 0.140 e. The molecule has 1 N–H and O–H groups in total. The number of benzene rings is 1. The maximum atomic E-state index is 12.2. The van der Waals surface area contributed by atoms with Crippen LogP contribution in [0.3, 0.4) is 0 Å².